The zero-order valence-corrected chi connectivity index (χ0v) is 19.4. The number of aliphatic imine (C=N–C) groups is 1. The second kappa shape index (κ2) is 8.78. The molecule has 34 heavy (non-hydrogen) atoms. The third-order valence-electron chi connectivity index (χ3n) is 6.22. The van der Waals surface area contributed by atoms with Crippen molar-refractivity contribution in [2.75, 3.05) is 27.2 Å². The van der Waals surface area contributed by atoms with E-state index in [2.05, 4.69) is 4.98 Å². The van der Waals surface area contributed by atoms with Gasteiger partial charge in [-0.2, -0.15) is 0 Å². The number of methoxy groups -OCH3 is 1. The second-order valence-corrected chi connectivity index (χ2v) is 8.59. The first-order chi connectivity index (χ1) is 16.4. The fourth-order valence-corrected chi connectivity index (χ4v) is 4.57. The molecule has 0 N–H and O–H groups in total. The normalized spacial score (nSPS) is 19.3. The number of ether oxygens (including phenoxy) is 1. The molecular weight excluding hydrogens is 433 g/mol. The number of aromatic nitrogens is 2. The fraction of sp³-hybridized carbons (Fsp3) is 0.269. The molecule has 1 aromatic heterocycles. The summed E-state index contributed by atoms with van der Waals surface area (Å²) >= 11 is 0. The van der Waals surface area contributed by atoms with Crippen LogP contribution in [-0.2, 0) is 0 Å². The van der Waals surface area contributed by atoms with Crippen LogP contribution in [0.4, 0.5) is 9.18 Å². The molecule has 0 spiro atoms. The maximum atomic E-state index is 13.5. The maximum absolute atomic E-state index is 13.5. The Balaban J connectivity index is 1.51. The van der Waals surface area contributed by atoms with E-state index in [9.17, 15) is 9.18 Å². The van der Waals surface area contributed by atoms with Gasteiger partial charge in [0.15, 0.2) is 0 Å². The van der Waals surface area contributed by atoms with E-state index in [4.69, 9.17) is 9.73 Å². The third-order valence-corrected chi connectivity index (χ3v) is 6.22. The van der Waals surface area contributed by atoms with Crippen molar-refractivity contribution in [3.63, 3.8) is 0 Å². The molecule has 2 aliphatic rings. The number of hydrogen-bond acceptors (Lipinski definition) is 4. The van der Waals surface area contributed by atoms with Crippen LogP contribution in [0.5, 0.6) is 5.75 Å². The van der Waals surface area contributed by atoms with Crippen LogP contribution in [0.15, 0.2) is 65.6 Å². The first kappa shape index (κ1) is 21.9. The summed E-state index contributed by atoms with van der Waals surface area (Å²) in [6.45, 7) is 3.00. The lowest BCUT2D eigenvalue weighted by molar-refractivity contribution is 0.166. The number of amides is 2. The topological polar surface area (TPSA) is 63.0 Å². The molecule has 1 fully saturated rings. The molecule has 0 radical (unpaired) electrons. The van der Waals surface area contributed by atoms with Gasteiger partial charge in [0.05, 0.1) is 37.4 Å². The first-order valence-electron chi connectivity index (χ1n) is 11.2. The van der Waals surface area contributed by atoms with E-state index >= 15 is 0 Å². The summed E-state index contributed by atoms with van der Waals surface area (Å²) < 4.78 is 21.1. The maximum Gasteiger partial charge on any atom is 0.326 e. The van der Waals surface area contributed by atoms with Gasteiger partial charge < -0.3 is 14.2 Å². The van der Waals surface area contributed by atoms with Gasteiger partial charge >= 0.3 is 6.03 Å². The molecule has 2 amide bonds. The van der Waals surface area contributed by atoms with E-state index in [-0.39, 0.29) is 17.9 Å². The lowest BCUT2D eigenvalue weighted by atomic mass is 9.96. The van der Waals surface area contributed by atoms with Crippen LogP contribution in [0, 0.1) is 12.7 Å². The van der Waals surface area contributed by atoms with Crippen molar-refractivity contribution in [2.45, 2.75) is 19.4 Å². The minimum absolute atomic E-state index is 0.103. The van der Waals surface area contributed by atoms with Crippen LogP contribution < -0.4 is 4.74 Å². The number of imidazole rings is 1. The van der Waals surface area contributed by atoms with Crippen LogP contribution in [-0.4, -0.2) is 58.5 Å². The lowest BCUT2D eigenvalue weighted by Gasteiger charge is -2.43. The van der Waals surface area contributed by atoms with Crippen molar-refractivity contribution in [1.82, 2.24) is 19.4 Å². The van der Waals surface area contributed by atoms with Crippen LogP contribution in [0.2, 0.25) is 0 Å². The zero-order valence-electron chi connectivity index (χ0n) is 19.4. The Morgan fingerprint density at radius 3 is 2.68 bits per heavy atom. The van der Waals surface area contributed by atoms with Gasteiger partial charge in [-0.3, -0.25) is 9.89 Å². The highest BCUT2D eigenvalue weighted by Crippen LogP contribution is 2.34. The number of halogens is 1. The fourth-order valence-electron chi connectivity index (χ4n) is 4.57. The molecule has 5 rings (SSSR count). The summed E-state index contributed by atoms with van der Waals surface area (Å²) in [5.74, 6) is 1.11. The third kappa shape index (κ3) is 3.96. The number of amidine groups is 1. The van der Waals surface area contributed by atoms with E-state index in [1.54, 1.807) is 42.4 Å². The monoisotopic (exact) mass is 459 g/mol. The number of carbonyl (C=O) groups is 1. The molecule has 174 valence electrons. The summed E-state index contributed by atoms with van der Waals surface area (Å²) in [5.41, 5.74) is 4.62. The molecule has 1 atom stereocenters. The van der Waals surface area contributed by atoms with Crippen LogP contribution in [0.3, 0.4) is 0 Å². The van der Waals surface area contributed by atoms with Crippen molar-refractivity contribution in [2.24, 2.45) is 4.99 Å². The van der Waals surface area contributed by atoms with E-state index in [1.807, 2.05) is 42.0 Å². The molecule has 2 aliphatic heterocycles. The zero-order chi connectivity index (χ0) is 23.8. The summed E-state index contributed by atoms with van der Waals surface area (Å²) in [6.07, 6.45) is 6.45. The van der Waals surface area contributed by atoms with Crippen molar-refractivity contribution >= 4 is 17.9 Å². The summed E-state index contributed by atoms with van der Waals surface area (Å²) in [7, 11) is 3.43. The van der Waals surface area contributed by atoms with Crippen LogP contribution >= 0.6 is 0 Å². The number of hydrogen-bond donors (Lipinski definition) is 0. The van der Waals surface area contributed by atoms with Gasteiger partial charge in [-0.25, -0.2) is 14.2 Å². The van der Waals surface area contributed by atoms with Gasteiger partial charge in [-0.05, 0) is 54.8 Å². The number of aryl methyl sites for hydroxylation is 1. The Hall–Kier alpha value is -3.94. The highest BCUT2D eigenvalue weighted by atomic mass is 19.1. The molecule has 3 heterocycles. The molecule has 1 unspecified atom stereocenters. The number of carbonyl (C=O) groups excluding carboxylic acids is 1. The smallest absolute Gasteiger partial charge is 0.326 e. The van der Waals surface area contributed by atoms with Gasteiger partial charge in [-0.1, -0.05) is 18.2 Å². The molecule has 0 saturated carbocycles. The summed E-state index contributed by atoms with van der Waals surface area (Å²) in [4.78, 5) is 25.6. The highest BCUT2D eigenvalue weighted by Gasteiger charge is 2.39. The molecule has 8 heteroatoms. The highest BCUT2D eigenvalue weighted by molar-refractivity contribution is 6.13. The van der Waals surface area contributed by atoms with E-state index in [1.165, 1.54) is 12.1 Å². The number of likely N-dealkylation sites (N-methyl/N-ethyl adjacent to an activating group) is 1. The largest absolute Gasteiger partial charge is 0.495 e. The number of nitrogens with zero attached hydrogens (tertiary/aromatic N) is 5. The van der Waals surface area contributed by atoms with Gasteiger partial charge in [-0.15, -0.1) is 0 Å². The Kier molecular flexibility index (Phi) is 5.65. The number of benzene rings is 2. The van der Waals surface area contributed by atoms with Gasteiger partial charge in [0.1, 0.15) is 17.4 Å². The number of rotatable bonds is 4. The van der Waals surface area contributed by atoms with E-state index in [0.29, 0.717) is 25.3 Å². The predicted molar refractivity (Wildman–Crippen MR) is 129 cm³/mol. The minimum atomic E-state index is -0.292. The Morgan fingerprint density at radius 1 is 1.18 bits per heavy atom. The average Bonchev–Trinajstić information content (AvgIpc) is 3.28. The van der Waals surface area contributed by atoms with Crippen molar-refractivity contribution in [1.29, 1.82) is 0 Å². The number of urea groups is 1. The first-order valence-corrected chi connectivity index (χ1v) is 11.2. The van der Waals surface area contributed by atoms with E-state index < -0.39 is 0 Å². The average molecular weight is 460 g/mol. The quantitative estimate of drug-likeness (QED) is 0.572. The van der Waals surface area contributed by atoms with Crippen molar-refractivity contribution in [3.8, 4) is 11.4 Å². The molecule has 1 saturated heterocycles. The summed E-state index contributed by atoms with van der Waals surface area (Å²) in [6, 6.07) is 12.1. The standard InChI is InChI=1S/C26H26FN5O2/c1-17-14-31(16-29-17)23-9-4-18(13-24(23)34-3)12-20-15-30(2)26(33)32-22(10-11-28-25(20)32)19-5-7-21(27)8-6-19/h4-9,12-14,16,22H,10-11,15H2,1-3H3/b20-12+. The van der Waals surface area contributed by atoms with Crippen molar-refractivity contribution in [3.05, 3.63) is 83.2 Å². The predicted octanol–water partition coefficient (Wildman–Crippen LogP) is 4.62. The molecule has 3 aromatic rings. The Bertz CT molecular complexity index is 1290. The molecule has 0 bridgehead atoms. The SMILES string of the molecule is COc1cc(/C=C2\CN(C)C(=O)N3C2=NCCC3c2ccc(F)cc2)ccc1-n1cnc(C)c1. The second-order valence-electron chi connectivity index (χ2n) is 8.59. The summed E-state index contributed by atoms with van der Waals surface area (Å²) in [5, 5.41) is 0. The van der Waals surface area contributed by atoms with Crippen molar-refractivity contribution < 1.29 is 13.9 Å². The Labute approximate surface area is 197 Å². The molecule has 2 aromatic carbocycles. The molecule has 7 nitrogen and oxygen atoms in total. The van der Waals surface area contributed by atoms with E-state index in [0.717, 1.165) is 33.8 Å². The Morgan fingerprint density at radius 2 is 1.97 bits per heavy atom. The van der Waals surface area contributed by atoms with Gasteiger partial charge in [0, 0.05) is 25.4 Å². The lowest BCUT2D eigenvalue weighted by Crippen LogP contribution is -2.54. The van der Waals surface area contributed by atoms with Gasteiger partial charge in [0.2, 0.25) is 0 Å². The number of fused-ring (bicyclic) bond motifs is 1. The minimum Gasteiger partial charge on any atom is -0.495 e. The van der Waals surface area contributed by atoms with Gasteiger partial charge in [0.25, 0.3) is 0 Å². The molecule has 0 aliphatic carbocycles. The van der Waals surface area contributed by atoms with Crippen LogP contribution in [0.25, 0.3) is 11.8 Å². The molecular formula is C26H26FN5O2. The van der Waals surface area contributed by atoms with Crippen LogP contribution in [0.1, 0.15) is 29.3 Å².